The van der Waals surface area contributed by atoms with E-state index in [1.54, 1.807) is 7.05 Å². The molecule has 0 bridgehead atoms. The molecule has 1 unspecified atom stereocenters. The van der Waals surface area contributed by atoms with Gasteiger partial charge in [0.2, 0.25) is 10.0 Å². The molecule has 1 atom stereocenters. The maximum absolute atomic E-state index is 12.8. The molecule has 0 spiro atoms. The molecular weight excluding hydrogens is 367 g/mol. The van der Waals surface area contributed by atoms with Gasteiger partial charge in [0, 0.05) is 13.1 Å². The summed E-state index contributed by atoms with van der Waals surface area (Å²) in [5.74, 6) is 0.166. The Hall–Kier alpha value is -1.34. The fourth-order valence-corrected chi connectivity index (χ4v) is 4.20. The van der Waals surface area contributed by atoms with Crippen LogP contribution in [0.1, 0.15) is 17.5 Å². The molecule has 0 aromatic heterocycles. The minimum Gasteiger partial charge on any atom is -0.319 e. The summed E-state index contributed by atoms with van der Waals surface area (Å²) in [5, 5.41) is 11.9. The Kier molecular flexibility index (Phi) is 6.64. The first kappa shape index (κ1) is 20.7. The van der Waals surface area contributed by atoms with Gasteiger partial charge in [-0.3, -0.25) is 0 Å². The second-order valence-corrected chi connectivity index (χ2v) is 7.33. The zero-order valence-electron chi connectivity index (χ0n) is 12.8. The summed E-state index contributed by atoms with van der Waals surface area (Å²) < 4.78 is 64.7. The Labute approximate surface area is 144 Å². The number of nitrogens with zero attached hydrogens (tertiary/aromatic N) is 2. The Balaban J connectivity index is 0.00000288. The van der Waals surface area contributed by atoms with E-state index in [1.807, 2.05) is 0 Å². The average Bonchev–Trinajstić information content (AvgIpc) is 2.95. The Morgan fingerprint density at radius 1 is 1.42 bits per heavy atom. The highest BCUT2D eigenvalue weighted by Crippen LogP contribution is 2.33. The molecule has 5 nitrogen and oxygen atoms in total. The lowest BCUT2D eigenvalue weighted by Crippen LogP contribution is -2.30. The molecule has 0 saturated carbocycles. The quantitative estimate of drug-likeness (QED) is 0.865. The molecular formula is C14H17ClF3N3O2S. The second-order valence-electron chi connectivity index (χ2n) is 5.39. The summed E-state index contributed by atoms with van der Waals surface area (Å²) in [6.45, 7) is 1.30. The summed E-state index contributed by atoms with van der Waals surface area (Å²) in [7, 11) is -2.13. The summed E-state index contributed by atoms with van der Waals surface area (Å²) >= 11 is 0. The highest BCUT2D eigenvalue weighted by atomic mass is 35.5. The SMILES string of the molecule is CNCC1CCN(S(=O)(=O)c2ccc(C(F)(F)F)c(C#N)c2)C1.Cl. The second kappa shape index (κ2) is 7.70. The lowest BCUT2D eigenvalue weighted by molar-refractivity contribution is -0.137. The van der Waals surface area contributed by atoms with Crippen molar-refractivity contribution >= 4 is 22.4 Å². The smallest absolute Gasteiger partial charge is 0.319 e. The van der Waals surface area contributed by atoms with Crippen LogP contribution in [0, 0.1) is 17.2 Å². The molecule has 1 saturated heterocycles. The van der Waals surface area contributed by atoms with Gasteiger partial charge in [0.1, 0.15) is 0 Å². The summed E-state index contributed by atoms with van der Waals surface area (Å²) in [5.41, 5.74) is -1.82. The number of halogens is 4. The van der Waals surface area contributed by atoms with Crippen LogP contribution in [0.4, 0.5) is 13.2 Å². The topological polar surface area (TPSA) is 73.2 Å². The standard InChI is InChI=1S/C14H16F3N3O2S.ClH/c1-19-8-10-4-5-20(9-10)23(21,22)12-2-3-13(14(15,16)17)11(6-12)7-18;/h2-3,6,10,19H,4-5,8-9H2,1H3;1H. The highest BCUT2D eigenvalue weighted by Gasteiger charge is 2.36. The zero-order chi connectivity index (χ0) is 17.3. The largest absolute Gasteiger partial charge is 0.417 e. The maximum atomic E-state index is 12.8. The van der Waals surface area contributed by atoms with E-state index >= 15 is 0 Å². The van der Waals surface area contributed by atoms with Crippen LogP contribution in [0.2, 0.25) is 0 Å². The van der Waals surface area contributed by atoms with Gasteiger partial charge in [-0.1, -0.05) is 0 Å². The van der Waals surface area contributed by atoms with Gasteiger partial charge in [0.05, 0.1) is 22.1 Å². The Bertz CT molecular complexity index is 732. The summed E-state index contributed by atoms with van der Waals surface area (Å²) in [4.78, 5) is -0.285. The Morgan fingerprint density at radius 3 is 2.62 bits per heavy atom. The molecule has 1 aromatic carbocycles. The molecule has 1 aromatic rings. The lowest BCUT2D eigenvalue weighted by atomic mass is 10.1. The number of hydrogen-bond acceptors (Lipinski definition) is 4. The van der Waals surface area contributed by atoms with Crippen molar-refractivity contribution in [3.8, 4) is 6.07 Å². The van der Waals surface area contributed by atoms with Crippen molar-refractivity contribution in [3.63, 3.8) is 0 Å². The van der Waals surface area contributed by atoms with Crippen molar-refractivity contribution in [3.05, 3.63) is 29.3 Å². The molecule has 1 aliphatic rings. The van der Waals surface area contributed by atoms with E-state index in [0.29, 0.717) is 32.1 Å². The molecule has 2 rings (SSSR count). The van der Waals surface area contributed by atoms with Crippen LogP contribution < -0.4 is 5.32 Å². The average molecular weight is 384 g/mol. The van der Waals surface area contributed by atoms with E-state index in [-0.39, 0.29) is 23.2 Å². The molecule has 1 aliphatic heterocycles. The van der Waals surface area contributed by atoms with Crippen molar-refractivity contribution in [2.75, 3.05) is 26.7 Å². The number of nitriles is 1. The van der Waals surface area contributed by atoms with Crippen LogP contribution in [-0.2, 0) is 16.2 Å². The highest BCUT2D eigenvalue weighted by molar-refractivity contribution is 7.89. The number of nitrogens with one attached hydrogen (secondary N) is 1. The first-order chi connectivity index (χ1) is 10.7. The normalized spacial score (nSPS) is 18.9. The van der Waals surface area contributed by atoms with Gasteiger partial charge in [-0.05, 0) is 44.1 Å². The minimum atomic E-state index is -4.70. The monoisotopic (exact) mass is 383 g/mol. The van der Waals surface area contributed by atoms with Crippen LogP contribution in [0.5, 0.6) is 0 Å². The van der Waals surface area contributed by atoms with Crippen LogP contribution >= 0.6 is 12.4 Å². The fourth-order valence-electron chi connectivity index (χ4n) is 2.64. The van der Waals surface area contributed by atoms with Crippen LogP contribution in [0.15, 0.2) is 23.1 Å². The van der Waals surface area contributed by atoms with Crippen LogP contribution in [-0.4, -0.2) is 39.4 Å². The third-order valence-corrected chi connectivity index (χ3v) is 5.66. The number of rotatable bonds is 4. The van der Waals surface area contributed by atoms with Crippen molar-refractivity contribution in [1.29, 1.82) is 5.26 Å². The van der Waals surface area contributed by atoms with Gasteiger partial charge in [-0.15, -0.1) is 12.4 Å². The van der Waals surface area contributed by atoms with E-state index < -0.39 is 27.3 Å². The van der Waals surface area contributed by atoms with Crippen LogP contribution in [0.3, 0.4) is 0 Å². The van der Waals surface area contributed by atoms with E-state index in [0.717, 1.165) is 12.1 Å². The predicted molar refractivity (Wildman–Crippen MR) is 84.2 cm³/mol. The maximum Gasteiger partial charge on any atom is 0.417 e. The van der Waals surface area contributed by atoms with Crippen molar-refractivity contribution < 1.29 is 21.6 Å². The van der Waals surface area contributed by atoms with Gasteiger partial charge in [-0.25, -0.2) is 8.42 Å². The third kappa shape index (κ3) is 4.19. The number of hydrogen-bond donors (Lipinski definition) is 1. The summed E-state index contributed by atoms with van der Waals surface area (Å²) in [6, 6.07) is 3.77. The van der Waals surface area contributed by atoms with Gasteiger partial charge in [0.25, 0.3) is 0 Å². The molecule has 1 fully saturated rings. The van der Waals surface area contributed by atoms with E-state index in [4.69, 9.17) is 5.26 Å². The fraction of sp³-hybridized carbons (Fsp3) is 0.500. The van der Waals surface area contributed by atoms with Crippen LogP contribution in [0.25, 0.3) is 0 Å². The predicted octanol–water partition coefficient (Wildman–Crippen LogP) is 2.23. The molecule has 0 radical (unpaired) electrons. The molecule has 0 aliphatic carbocycles. The molecule has 134 valence electrons. The zero-order valence-corrected chi connectivity index (χ0v) is 14.4. The van der Waals surface area contributed by atoms with E-state index in [2.05, 4.69) is 5.32 Å². The minimum absolute atomic E-state index is 0. The van der Waals surface area contributed by atoms with Crippen molar-refractivity contribution in [2.45, 2.75) is 17.5 Å². The number of benzene rings is 1. The van der Waals surface area contributed by atoms with Gasteiger partial charge < -0.3 is 5.32 Å². The molecule has 10 heteroatoms. The summed E-state index contributed by atoms with van der Waals surface area (Å²) in [6.07, 6.45) is -4.01. The van der Waals surface area contributed by atoms with E-state index in [1.165, 1.54) is 10.4 Å². The molecule has 1 heterocycles. The number of sulfonamides is 1. The first-order valence-corrected chi connectivity index (χ1v) is 8.40. The van der Waals surface area contributed by atoms with Gasteiger partial charge in [-0.2, -0.15) is 22.7 Å². The molecule has 24 heavy (non-hydrogen) atoms. The first-order valence-electron chi connectivity index (χ1n) is 6.96. The van der Waals surface area contributed by atoms with Gasteiger partial charge in [0.15, 0.2) is 0 Å². The third-order valence-electron chi connectivity index (χ3n) is 3.80. The lowest BCUT2D eigenvalue weighted by Gasteiger charge is -2.18. The molecule has 1 N–H and O–H groups in total. The van der Waals surface area contributed by atoms with Gasteiger partial charge >= 0.3 is 6.18 Å². The van der Waals surface area contributed by atoms with E-state index in [9.17, 15) is 21.6 Å². The number of alkyl halides is 3. The Morgan fingerprint density at radius 2 is 2.08 bits per heavy atom. The molecule has 0 amide bonds. The van der Waals surface area contributed by atoms with Crippen molar-refractivity contribution in [2.24, 2.45) is 5.92 Å². The van der Waals surface area contributed by atoms with Crippen molar-refractivity contribution in [1.82, 2.24) is 9.62 Å².